The van der Waals surface area contributed by atoms with Crippen molar-refractivity contribution < 1.29 is 17.9 Å². The van der Waals surface area contributed by atoms with Crippen molar-refractivity contribution in [2.45, 2.75) is 11.5 Å². The van der Waals surface area contributed by atoms with Crippen molar-refractivity contribution in [1.82, 2.24) is 10.1 Å². The molecule has 1 amide bonds. The number of carbonyl (C=O) groups excluding carboxylic acids is 1. The molecule has 0 aromatic heterocycles. The Morgan fingerprint density at radius 2 is 1.72 bits per heavy atom. The van der Waals surface area contributed by atoms with Crippen LogP contribution >= 0.6 is 27.5 Å². The first-order valence-corrected chi connectivity index (χ1v) is 12.0. The van der Waals surface area contributed by atoms with E-state index in [1.165, 1.54) is 30.5 Å². The Labute approximate surface area is 199 Å². The van der Waals surface area contributed by atoms with Gasteiger partial charge < -0.3 is 4.74 Å². The lowest BCUT2D eigenvalue weighted by molar-refractivity contribution is -0.119. The molecule has 0 aliphatic rings. The fourth-order valence-electron chi connectivity index (χ4n) is 2.53. The van der Waals surface area contributed by atoms with Gasteiger partial charge in [0.2, 0.25) is 10.0 Å². The molecule has 0 aliphatic heterocycles. The zero-order valence-corrected chi connectivity index (χ0v) is 19.8. The number of nitrogens with zero attached hydrogens (tertiary/aromatic N) is 1. The zero-order valence-electron chi connectivity index (χ0n) is 16.7. The summed E-state index contributed by atoms with van der Waals surface area (Å²) >= 11 is 9.15. The minimum absolute atomic E-state index is 0.00931. The molecule has 0 bridgehead atoms. The summed E-state index contributed by atoms with van der Waals surface area (Å²) in [5.41, 5.74) is 3.95. The van der Waals surface area contributed by atoms with Crippen molar-refractivity contribution in [3.63, 3.8) is 0 Å². The first kappa shape index (κ1) is 23.9. The Morgan fingerprint density at radius 1 is 1.03 bits per heavy atom. The molecule has 0 atom stereocenters. The average Bonchev–Trinajstić information content (AvgIpc) is 2.78. The van der Waals surface area contributed by atoms with E-state index < -0.39 is 22.5 Å². The molecule has 0 radical (unpaired) electrons. The number of rotatable bonds is 9. The van der Waals surface area contributed by atoms with Crippen LogP contribution in [0.5, 0.6) is 5.75 Å². The van der Waals surface area contributed by atoms with Gasteiger partial charge in [0.05, 0.1) is 17.7 Å². The van der Waals surface area contributed by atoms with Crippen molar-refractivity contribution in [1.29, 1.82) is 0 Å². The molecular weight excluding hydrogens is 518 g/mol. The monoisotopic (exact) mass is 535 g/mol. The van der Waals surface area contributed by atoms with E-state index in [0.29, 0.717) is 22.9 Å². The summed E-state index contributed by atoms with van der Waals surface area (Å²) in [4.78, 5) is 12.0. The Balaban J connectivity index is 1.53. The van der Waals surface area contributed by atoms with Crippen LogP contribution in [0, 0.1) is 0 Å². The van der Waals surface area contributed by atoms with Crippen LogP contribution in [0.25, 0.3) is 0 Å². The second kappa shape index (κ2) is 11.2. The Kier molecular flexibility index (Phi) is 8.40. The molecule has 10 heteroatoms. The highest BCUT2D eigenvalue weighted by molar-refractivity contribution is 9.10. The topological polar surface area (TPSA) is 96.9 Å². The summed E-state index contributed by atoms with van der Waals surface area (Å²) in [6.45, 7) is -0.0962. The molecule has 3 rings (SSSR count). The normalized spacial score (nSPS) is 11.4. The molecule has 0 saturated heterocycles. The number of sulfonamides is 1. The van der Waals surface area contributed by atoms with Crippen molar-refractivity contribution in [3.05, 3.63) is 93.4 Å². The highest BCUT2D eigenvalue weighted by Crippen LogP contribution is 2.18. The third-order valence-electron chi connectivity index (χ3n) is 4.17. The van der Waals surface area contributed by atoms with Gasteiger partial charge in [-0.15, -0.1) is 0 Å². The predicted molar refractivity (Wildman–Crippen MR) is 127 cm³/mol. The Morgan fingerprint density at radius 3 is 2.44 bits per heavy atom. The summed E-state index contributed by atoms with van der Waals surface area (Å²) in [5.74, 6) is -0.0242. The molecule has 0 aliphatic carbocycles. The summed E-state index contributed by atoms with van der Waals surface area (Å²) in [6.07, 6.45) is 1.43. The summed E-state index contributed by atoms with van der Waals surface area (Å²) < 4.78 is 33.5. The molecule has 32 heavy (non-hydrogen) atoms. The minimum atomic E-state index is -3.84. The van der Waals surface area contributed by atoms with E-state index in [2.05, 4.69) is 31.2 Å². The molecule has 7 nitrogen and oxygen atoms in total. The van der Waals surface area contributed by atoms with Gasteiger partial charge in [-0.05, 0) is 54.1 Å². The SMILES string of the molecule is O=C(CNS(=O)(=O)c1ccc(Cl)cc1)NN=Cc1ccccc1OCc1ccc(Br)cc1. The second-order valence-corrected chi connectivity index (χ2v) is 9.64. The third-order valence-corrected chi connectivity index (χ3v) is 6.36. The van der Waals surface area contributed by atoms with Crippen LogP contribution in [0.3, 0.4) is 0 Å². The molecule has 0 unspecified atom stereocenters. The Hall–Kier alpha value is -2.72. The number of hydrogen-bond acceptors (Lipinski definition) is 5. The Bertz CT molecular complexity index is 1200. The van der Waals surface area contributed by atoms with E-state index in [1.54, 1.807) is 12.1 Å². The van der Waals surface area contributed by atoms with Crippen molar-refractivity contribution in [2.75, 3.05) is 6.54 Å². The quantitative estimate of drug-likeness (QED) is 0.318. The fourth-order valence-corrected chi connectivity index (χ4v) is 3.90. The number of para-hydroxylation sites is 1. The van der Waals surface area contributed by atoms with E-state index in [9.17, 15) is 13.2 Å². The maximum absolute atomic E-state index is 12.2. The van der Waals surface area contributed by atoms with Gasteiger partial charge in [-0.3, -0.25) is 4.79 Å². The highest BCUT2D eigenvalue weighted by atomic mass is 79.9. The largest absolute Gasteiger partial charge is 0.488 e. The lowest BCUT2D eigenvalue weighted by atomic mass is 10.2. The maximum atomic E-state index is 12.2. The molecular formula is C22H19BrClN3O4S. The average molecular weight is 537 g/mol. The number of benzene rings is 3. The standard InChI is InChI=1S/C22H19BrClN3O4S/c23-18-7-5-16(6-8-18)15-31-21-4-2-1-3-17(21)13-25-27-22(28)14-26-32(29,30)20-11-9-19(24)10-12-20/h1-13,26H,14-15H2,(H,27,28). The first-order valence-electron chi connectivity index (χ1n) is 9.37. The number of ether oxygens (including phenoxy) is 1. The number of hydrogen-bond donors (Lipinski definition) is 2. The van der Waals surface area contributed by atoms with Gasteiger partial charge in [0, 0.05) is 15.1 Å². The summed E-state index contributed by atoms with van der Waals surface area (Å²) in [7, 11) is -3.84. The van der Waals surface area contributed by atoms with Crippen LogP contribution in [0.15, 0.2) is 87.3 Å². The van der Waals surface area contributed by atoms with Gasteiger partial charge >= 0.3 is 0 Å². The minimum Gasteiger partial charge on any atom is -0.488 e. The van der Waals surface area contributed by atoms with Crippen LogP contribution in [-0.2, 0) is 21.4 Å². The van der Waals surface area contributed by atoms with Crippen LogP contribution in [0.2, 0.25) is 5.02 Å². The van der Waals surface area contributed by atoms with Gasteiger partial charge in [-0.25, -0.2) is 18.6 Å². The number of hydrazone groups is 1. The lowest BCUT2D eigenvalue weighted by Gasteiger charge is -2.09. The van der Waals surface area contributed by atoms with E-state index in [-0.39, 0.29) is 4.90 Å². The second-order valence-electron chi connectivity index (χ2n) is 6.52. The van der Waals surface area contributed by atoms with Gasteiger partial charge in [0.25, 0.3) is 5.91 Å². The smallest absolute Gasteiger partial charge is 0.255 e. The maximum Gasteiger partial charge on any atom is 0.255 e. The predicted octanol–water partition coefficient (Wildman–Crippen LogP) is 4.11. The van der Waals surface area contributed by atoms with Crippen LogP contribution in [0.4, 0.5) is 0 Å². The van der Waals surface area contributed by atoms with E-state index >= 15 is 0 Å². The molecule has 3 aromatic carbocycles. The van der Waals surface area contributed by atoms with Crippen LogP contribution in [0.1, 0.15) is 11.1 Å². The fraction of sp³-hybridized carbons (Fsp3) is 0.0909. The van der Waals surface area contributed by atoms with Gasteiger partial charge in [-0.1, -0.05) is 51.8 Å². The molecule has 2 N–H and O–H groups in total. The van der Waals surface area contributed by atoms with Crippen LogP contribution in [-0.4, -0.2) is 27.1 Å². The zero-order chi connectivity index (χ0) is 23.0. The molecule has 166 valence electrons. The molecule has 0 saturated carbocycles. The van der Waals surface area contributed by atoms with Gasteiger partial charge in [0.1, 0.15) is 12.4 Å². The van der Waals surface area contributed by atoms with E-state index in [1.807, 2.05) is 36.4 Å². The highest BCUT2D eigenvalue weighted by Gasteiger charge is 2.15. The van der Waals surface area contributed by atoms with Crippen LogP contribution < -0.4 is 14.9 Å². The van der Waals surface area contributed by atoms with Gasteiger partial charge in [-0.2, -0.15) is 5.10 Å². The number of nitrogens with one attached hydrogen (secondary N) is 2. The first-order chi connectivity index (χ1) is 15.3. The summed E-state index contributed by atoms with van der Waals surface area (Å²) in [5, 5.41) is 4.30. The van der Waals surface area contributed by atoms with Crippen molar-refractivity contribution in [2.24, 2.45) is 5.10 Å². The lowest BCUT2D eigenvalue weighted by Crippen LogP contribution is -2.34. The molecule has 0 heterocycles. The number of carbonyl (C=O) groups is 1. The molecule has 3 aromatic rings. The molecule has 0 spiro atoms. The number of amides is 1. The van der Waals surface area contributed by atoms with Gasteiger partial charge in [0.15, 0.2) is 0 Å². The van der Waals surface area contributed by atoms with E-state index in [0.717, 1.165) is 10.0 Å². The number of halogens is 2. The third kappa shape index (κ3) is 7.16. The van der Waals surface area contributed by atoms with Crippen molar-refractivity contribution >= 4 is 49.7 Å². The van der Waals surface area contributed by atoms with Crippen molar-refractivity contribution in [3.8, 4) is 5.75 Å². The molecule has 0 fully saturated rings. The van der Waals surface area contributed by atoms with E-state index in [4.69, 9.17) is 16.3 Å². The summed E-state index contributed by atoms with van der Waals surface area (Å²) in [6, 6.07) is 20.6.